The van der Waals surface area contributed by atoms with Gasteiger partial charge < -0.3 is 14.4 Å². The summed E-state index contributed by atoms with van der Waals surface area (Å²) in [7, 11) is 2.75. The molecule has 1 saturated heterocycles. The van der Waals surface area contributed by atoms with E-state index in [0.717, 1.165) is 17.9 Å². The molecular weight excluding hydrogens is 441 g/mol. The predicted octanol–water partition coefficient (Wildman–Crippen LogP) is 4.55. The van der Waals surface area contributed by atoms with Crippen molar-refractivity contribution in [3.05, 3.63) is 47.9 Å². The number of amides is 2. The van der Waals surface area contributed by atoms with E-state index in [4.69, 9.17) is 14.3 Å². The number of halogens is 1. The van der Waals surface area contributed by atoms with Gasteiger partial charge in [-0.25, -0.2) is 14.2 Å². The van der Waals surface area contributed by atoms with Crippen LogP contribution in [-0.4, -0.2) is 66.4 Å². The molecule has 0 saturated carbocycles. The van der Waals surface area contributed by atoms with Gasteiger partial charge in [-0.2, -0.15) is 0 Å². The molecule has 8 nitrogen and oxygen atoms in total. The number of carbonyl (C=O) groups is 2. The van der Waals surface area contributed by atoms with Crippen molar-refractivity contribution in [3.63, 3.8) is 0 Å². The number of ether oxygens (including phenoxy) is 2. The van der Waals surface area contributed by atoms with Crippen molar-refractivity contribution in [2.75, 3.05) is 33.9 Å². The van der Waals surface area contributed by atoms with Crippen LogP contribution in [0.5, 0.6) is 5.75 Å². The van der Waals surface area contributed by atoms with Gasteiger partial charge in [0.25, 0.3) is 5.91 Å². The van der Waals surface area contributed by atoms with Gasteiger partial charge in [0.2, 0.25) is 0 Å². The Morgan fingerprint density at radius 2 is 1.88 bits per heavy atom. The molecule has 3 rings (SSSR count). The maximum atomic E-state index is 14.5. The lowest BCUT2D eigenvalue weighted by Gasteiger charge is -2.33. The van der Waals surface area contributed by atoms with Crippen molar-refractivity contribution < 1.29 is 28.3 Å². The standard InChI is InChI=1S/C25H32FN3O5/c1-25(2,3)34-24(31)29-12-10-17(11-13-29)16-33-19-7-9-22(27-15-19)18-6-8-20(21(26)14-18)23(30)28(4)32-5/h6-9,14-15,17H,10-13,16H2,1-5H3. The van der Waals surface area contributed by atoms with Gasteiger partial charge in [0.15, 0.2) is 0 Å². The first-order chi connectivity index (χ1) is 16.1. The summed E-state index contributed by atoms with van der Waals surface area (Å²) in [6.07, 6.45) is 3.01. The molecule has 2 aromatic rings. The highest BCUT2D eigenvalue weighted by molar-refractivity contribution is 5.94. The van der Waals surface area contributed by atoms with Crippen molar-refractivity contribution in [3.8, 4) is 17.0 Å². The Kier molecular flexibility index (Phi) is 8.09. The van der Waals surface area contributed by atoms with E-state index < -0.39 is 17.3 Å². The number of carbonyl (C=O) groups excluding carboxylic acids is 2. The van der Waals surface area contributed by atoms with Crippen LogP contribution < -0.4 is 4.74 Å². The third-order valence-electron chi connectivity index (χ3n) is 5.54. The lowest BCUT2D eigenvalue weighted by Crippen LogP contribution is -2.42. The Hall–Kier alpha value is -3.20. The van der Waals surface area contributed by atoms with Crippen LogP contribution in [0.3, 0.4) is 0 Å². The van der Waals surface area contributed by atoms with Gasteiger partial charge in [0.1, 0.15) is 17.2 Å². The van der Waals surface area contributed by atoms with Crippen LogP contribution in [0.4, 0.5) is 9.18 Å². The Morgan fingerprint density at radius 3 is 2.44 bits per heavy atom. The van der Waals surface area contributed by atoms with Gasteiger partial charge in [-0.15, -0.1) is 0 Å². The average molecular weight is 474 g/mol. The number of aromatic nitrogens is 1. The minimum absolute atomic E-state index is 0.0780. The minimum atomic E-state index is -0.647. The Labute approximate surface area is 199 Å². The van der Waals surface area contributed by atoms with Gasteiger partial charge in [0.05, 0.1) is 31.2 Å². The van der Waals surface area contributed by atoms with Gasteiger partial charge in [-0.05, 0) is 63.8 Å². The van der Waals surface area contributed by atoms with Crippen LogP contribution in [0.2, 0.25) is 0 Å². The van der Waals surface area contributed by atoms with Gasteiger partial charge in [0, 0.05) is 25.7 Å². The molecule has 0 N–H and O–H groups in total. The fourth-order valence-corrected chi connectivity index (χ4v) is 3.56. The maximum absolute atomic E-state index is 14.5. The van der Waals surface area contributed by atoms with Crippen LogP contribution in [0.25, 0.3) is 11.3 Å². The van der Waals surface area contributed by atoms with Crippen molar-refractivity contribution in [2.45, 2.75) is 39.2 Å². The van der Waals surface area contributed by atoms with Gasteiger partial charge in [-0.3, -0.25) is 14.6 Å². The average Bonchev–Trinajstić information content (AvgIpc) is 2.81. The topological polar surface area (TPSA) is 81.2 Å². The van der Waals surface area contributed by atoms with E-state index in [0.29, 0.717) is 42.6 Å². The van der Waals surface area contributed by atoms with Crippen LogP contribution in [-0.2, 0) is 9.57 Å². The van der Waals surface area contributed by atoms with E-state index in [9.17, 15) is 14.0 Å². The molecular formula is C25H32FN3O5. The van der Waals surface area contributed by atoms with E-state index in [1.807, 2.05) is 20.8 Å². The molecule has 1 aromatic carbocycles. The van der Waals surface area contributed by atoms with E-state index in [-0.39, 0.29) is 11.7 Å². The summed E-state index contributed by atoms with van der Waals surface area (Å²) in [5.41, 5.74) is 0.541. The van der Waals surface area contributed by atoms with Crippen molar-refractivity contribution in [1.29, 1.82) is 0 Å². The fourth-order valence-electron chi connectivity index (χ4n) is 3.56. The molecule has 1 aliphatic heterocycles. The van der Waals surface area contributed by atoms with E-state index >= 15 is 0 Å². The van der Waals surface area contributed by atoms with Gasteiger partial charge in [-0.1, -0.05) is 6.07 Å². The molecule has 9 heteroatoms. The number of hydrogen-bond donors (Lipinski definition) is 0. The van der Waals surface area contributed by atoms with Crippen molar-refractivity contribution in [2.24, 2.45) is 5.92 Å². The second-order valence-corrected chi connectivity index (χ2v) is 9.28. The summed E-state index contributed by atoms with van der Waals surface area (Å²) in [6, 6.07) is 7.86. The quantitative estimate of drug-likeness (QED) is 0.573. The fraction of sp³-hybridized carbons (Fsp3) is 0.480. The monoisotopic (exact) mass is 473 g/mol. The van der Waals surface area contributed by atoms with Crippen LogP contribution in [0.1, 0.15) is 44.0 Å². The zero-order valence-electron chi connectivity index (χ0n) is 20.3. The zero-order chi connectivity index (χ0) is 24.9. The number of pyridine rings is 1. The number of hydrogen-bond acceptors (Lipinski definition) is 6. The summed E-state index contributed by atoms with van der Waals surface area (Å²) >= 11 is 0. The summed E-state index contributed by atoms with van der Waals surface area (Å²) in [5.74, 6) is -0.262. The number of rotatable bonds is 6. The Balaban J connectivity index is 1.52. The summed E-state index contributed by atoms with van der Waals surface area (Å²) in [6.45, 7) is 7.40. The summed E-state index contributed by atoms with van der Waals surface area (Å²) < 4.78 is 25.8. The number of hydroxylamine groups is 2. The van der Waals surface area contributed by atoms with E-state index in [1.165, 1.54) is 26.3 Å². The smallest absolute Gasteiger partial charge is 0.410 e. The lowest BCUT2D eigenvalue weighted by molar-refractivity contribution is -0.0759. The lowest BCUT2D eigenvalue weighted by atomic mass is 9.98. The number of likely N-dealkylation sites (tertiary alicyclic amines) is 1. The predicted molar refractivity (Wildman–Crippen MR) is 125 cm³/mol. The minimum Gasteiger partial charge on any atom is -0.492 e. The molecule has 184 valence electrons. The molecule has 34 heavy (non-hydrogen) atoms. The molecule has 0 radical (unpaired) electrons. The largest absolute Gasteiger partial charge is 0.492 e. The third kappa shape index (κ3) is 6.66. The van der Waals surface area contributed by atoms with E-state index in [1.54, 1.807) is 29.3 Å². The molecule has 0 aliphatic carbocycles. The van der Waals surface area contributed by atoms with Crippen molar-refractivity contribution in [1.82, 2.24) is 14.9 Å². The highest BCUT2D eigenvalue weighted by atomic mass is 19.1. The maximum Gasteiger partial charge on any atom is 0.410 e. The number of nitrogens with zero attached hydrogens (tertiary/aromatic N) is 3. The highest BCUT2D eigenvalue weighted by Gasteiger charge is 2.27. The molecule has 2 heterocycles. The SMILES string of the molecule is CON(C)C(=O)c1ccc(-c2ccc(OCC3CCN(C(=O)OC(C)(C)C)CC3)cn2)cc1F. The summed E-state index contributed by atoms with van der Waals surface area (Å²) in [4.78, 5) is 35.2. The molecule has 2 amide bonds. The molecule has 0 atom stereocenters. The number of benzene rings is 1. The van der Waals surface area contributed by atoms with Crippen LogP contribution in [0, 0.1) is 11.7 Å². The first-order valence-corrected chi connectivity index (χ1v) is 11.3. The molecule has 0 bridgehead atoms. The van der Waals surface area contributed by atoms with E-state index in [2.05, 4.69) is 4.98 Å². The zero-order valence-corrected chi connectivity index (χ0v) is 20.3. The Morgan fingerprint density at radius 1 is 1.18 bits per heavy atom. The second kappa shape index (κ2) is 10.8. The molecule has 0 spiro atoms. The molecule has 0 unspecified atom stereocenters. The molecule has 1 aromatic heterocycles. The second-order valence-electron chi connectivity index (χ2n) is 9.28. The number of piperidine rings is 1. The van der Waals surface area contributed by atoms with Crippen LogP contribution >= 0.6 is 0 Å². The van der Waals surface area contributed by atoms with Crippen LogP contribution in [0.15, 0.2) is 36.5 Å². The van der Waals surface area contributed by atoms with Gasteiger partial charge >= 0.3 is 6.09 Å². The molecule has 1 fully saturated rings. The first kappa shape index (κ1) is 25.4. The highest BCUT2D eigenvalue weighted by Crippen LogP contribution is 2.24. The normalized spacial score (nSPS) is 14.6. The first-order valence-electron chi connectivity index (χ1n) is 11.3. The Bertz CT molecular complexity index is 999. The summed E-state index contributed by atoms with van der Waals surface area (Å²) in [5, 5.41) is 0.962. The van der Waals surface area contributed by atoms with Crippen molar-refractivity contribution >= 4 is 12.0 Å². The third-order valence-corrected chi connectivity index (χ3v) is 5.54. The molecule has 1 aliphatic rings.